The van der Waals surface area contributed by atoms with E-state index in [1.807, 2.05) is 29.0 Å². The molecule has 184 valence electrons. The van der Waals surface area contributed by atoms with Crippen LogP contribution in [0, 0.1) is 5.92 Å². The zero-order chi connectivity index (χ0) is 24.7. The van der Waals surface area contributed by atoms with Crippen LogP contribution in [0.2, 0.25) is 25.7 Å². The lowest BCUT2D eigenvalue weighted by atomic mass is 10.1. The summed E-state index contributed by atoms with van der Waals surface area (Å²) in [6.45, 7) is 7.91. The summed E-state index contributed by atoms with van der Waals surface area (Å²) in [5.74, 6) is 0.0119. The van der Waals surface area contributed by atoms with Gasteiger partial charge in [0.1, 0.15) is 30.7 Å². The second-order valence-corrected chi connectivity index (χ2v) is 15.7. The van der Waals surface area contributed by atoms with Crippen molar-refractivity contribution in [3.05, 3.63) is 36.8 Å². The topological polar surface area (TPSA) is 95.6 Å². The third kappa shape index (κ3) is 4.78. The van der Waals surface area contributed by atoms with Crippen LogP contribution in [0.4, 0.5) is 10.2 Å². The van der Waals surface area contributed by atoms with Crippen molar-refractivity contribution < 1.29 is 18.7 Å². The number of carbonyl (C=O) groups excluding carboxylic acids is 1. The molecule has 4 heterocycles. The van der Waals surface area contributed by atoms with E-state index < -0.39 is 20.2 Å². The predicted octanol–water partition coefficient (Wildman–Crippen LogP) is 4.36. The molecule has 35 heavy (non-hydrogen) atoms. The Balaban J connectivity index is 1.53. The smallest absolute Gasteiger partial charge is 0.231 e. The van der Waals surface area contributed by atoms with E-state index in [4.69, 9.17) is 14.5 Å². The highest BCUT2D eigenvalue weighted by atomic mass is 28.3. The van der Waals surface area contributed by atoms with Gasteiger partial charge in [-0.2, -0.15) is 9.61 Å². The number of nitrogens with one attached hydrogen (secondary N) is 1. The summed E-state index contributed by atoms with van der Waals surface area (Å²) in [5, 5.41) is 7.89. The Hall–Kier alpha value is -3.31. The monoisotopic (exact) mass is 496 g/mol. The summed E-state index contributed by atoms with van der Waals surface area (Å²) >= 11 is 0. The van der Waals surface area contributed by atoms with Gasteiger partial charge in [0, 0.05) is 37.4 Å². The summed E-state index contributed by atoms with van der Waals surface area (Å²) in [6, 6.07) is 8.50. The van der Waals surface area contributed by atoms with E-state index in [0.29, 0.717) is 36.3 Å². The molecule has 1 saturated carbocycles. The van der Waals surface area contributed by atoms with Crippen molar-refractivity contribution in [3.8, 4) is 17.0 Å². The van der Waals surface area contributed by atoms with Gasteiger partial charge in [-0.05, 0) is 36.7 Å². The number of nitrogens with zero attached hydrogens (tertiary/aromatic N) is 5. The van der Waals surface area contributed by atoms with Crippen LogP contribution in [0.1, 0.15) is 6.42 Å². The van der Waals surface area contributed by atoms with Crippen LogP contribution in [-0.4, -0.2) is 58.0 Å². The lowest BCUT2D eigenvalue weighted by Crippen LogP contribution is -2.22. The van der Waals surface area contributed by atoms with E-state index in [1.54, 1.807) is 17.7 Å². The number of carbonyl (C=O) groups is 1. The van der Waals surface area contributed by atoms with E-state index in [9.17, 15) is 9.18 Å². The van der Waals surface area contributed by atoms with Crippen molar-refractivity contribution in [1.82, 2.24) is 24.1 Å². The number of alkyl halides is 1. The van der Waals surface area contributed by atoms with Crippen LogP contribution in [0.15, 0.2) is 36.8 Å². The van der Waals surface area contributed by atoms with Crippen molar-refractivity contribution in [1.29, 1.82) is 0 Å². The number of anilines is 1. The molecule has 0 aromatic carbocycles. The molecule has 0 spiro atoms. The quantitative estimate of drug-likeness (QED) is 0.273. The van der Waals surface area contributed by atoms with Gasteiger partial charge in [-0.3, -0.25) is 4.79 Å². The third-order valence-electron chi connectivity index (χ3n) is 6.13. The molecular formula is C24H29FN6O3Si. The zero-order valence-corrected chi connectivity index (χ0v) is 21.3. The molecule has 0 aliphatic heterocycles. The molecular weight excluding hydrogens is 467 g/mol. The second-order valence-electron chi connectivity index (χ2n) is 10.1. The molecule has 0 radical (unpaired) electrons. The average molecular weight is 497 g/mol. The second kappa shape index (κ2) is 9.04. The normalized spacial score (nSPS) is 17.7. The fraction of sp³-hybridized carbons (Fsp3) is 0.417. The maximum absolute atomic E-state index is 13.3. The highest BCUT2D eigenvalue weighted by Crippen LogP contribution is 2.37. The molecule has 0 unspecified atom stereocenters. The fourth-order valence-electron chi connectivity index (χ4n) is 4.01. The van der Waals surface area contributed by atoms with Gasteiger partial charge in [-0.15, -0.1) is 0 Å². The summed E-state index contributed by atoms with van der Waals surface area (Å²) in [5.41, 5.74) is 3.05. The van der Waals surface area contributed by atoms with Crippen molar-refractivity contribution >= 4 is 36.5 Å². The van der Waals surface area contributed by atoms with Crippen LogP contribution in [-0.2, 0) is 16.3 Å². The Morgan fingerprint density at radius 2 is 2.03 bits per heavy atom. The van der Waals surface area contributed by atoms with Gasteiger partial charge in [-0.25, -0.2) is 14.4 Å². The van der Waals surface area contributed by atoms with Gasteiger partial charge in [0.15, 0.2) is 5.65 Å². The number of methoxy groups -OCH3 is 1. The van der Waals surface area contributed by atoms with Gasteiger partial charge in [0.25, 0.3) is 0 Å². The zero-order valence-electron chi connectivity index (χ0n) is 20.3. The first-order chi connectivity index (χ1) is 16.7. The molecule has 1 fully saturated rings. The van der Waals surface area contributed by atoms with Crippen LogP contribution >= 0.6 is 0 Å². The molecule has 9 nitrogen and oxygen atoms in total. The van der Waals surface area contributed by atoms with Crippen LogP contribution < -0.4 is 10.1 Å². The van der Waals surface area contributed by atoms with E-state index in [-0.39, 0.29) is 12.3 Å². The molecule has 0 saturated heterocycles. The van der Waals surface area contributed by atoms with Crippen molar-refractivity contribution in [2.24, 2.45) is 5.92 Å². The number of amides is 1. The lowest BCUT2D eigenvalue weighted by molar-refractivity contribution is -0.117. The number of halogens is 1. The minimum absolute atomic E-state index is 0.268. The highest BCUT2D eigenvalue weighted by molar-refractivity contribution is 6.76. The highest BCUT2D eigenvalue weighted by Gasteiger charge is 2.43. The summed E-state index contributed by atoms with van der Waals surface area (Å²) < 4.78 is 28.6. The Labute approximate surface area is 203 Å². The van der Waals surface area contributed by atoms with Gasteiger partial charge < -0.3 is 19.4 Å². The Bertz CT molecular complexity index is 1400. The molecule has 2 atom stereocenters. The first-order valence-corrected chi connectivity index (χ1v) is 15.4. The lowest BCUT2D eigenvalue weighted by Gasteiger charge is -2.15. The Morgan fingerprint density at radius 3 is 2.74 bits per heavy atom. The van der Waals surface area contributed by atoms with Gasteiger partial charge in [0.2, 0.25) is 11.8 Å². The molecule has 1 amide bonds. The first-order valence-electron chi connectivity index (χ1n) is 11.6. The summed E-state index contributed by atoms with van der Waals surface area (Å²) in [6.07, 6.45) is 2.66. The van der Waals surface area contributed by atoms with E-state index in [1.165, 1.54) is 6.33 Å². The number of ether oxygens (including phenoxy) is 2. The van der Waals surface area contributed by atoms with Crippen LogP contribution in [0.3, 0.4) is 0 Å². The fourth-order valence-corrected chi connectivity index (χ4v) is 4.76. The van der Waals surface area contributed by atoms with E-state index in [2.05, 4.69) is 35.0 Å². The first kappa shape index (κ1) is 23.4. The number of pyridine rings is 2. The number of aromatic nitrogens is 5. The van der Waals surface area contributed by atoms with Crippen LogP contribution in [0.25, 0.3) is 27.8 Å². The number of fused-ring (bicyclic) bond motifs is 2. The molecule has 1 aliphatic carbocycles. The maximum atomic E-state index is 13.3. The number of hydrogen-bond donors (Lipinski definition) is 1. The minimum Gasteiger partial charge on any atom is -0.480 e. The molecule has 4 aromatic heterocycles. The standard InChI is InChI=1S/C24H29FN6O3Si/c1-33-24-16(6-8-21-26-13-27-31(21)24)18-12-30(14-34-9-10-35(2,3)4)22-15(18)5-7-20(28-22)29-23(32)17-11-19(17)25/h5-8,12-13,17,19H,9-11,14H2,1-4H3,(H,28,29,32)/t17-,19+/m1/s1. The maximum Gasteiger partial charge on any atom is 0.231 e. The van der Waals surface area contributed by atoms with E-state index in [0.717, 1.165) is 22.6 Å². The molecule has 4 aromatic rings. The molecule has 1 N–H and O–H groups in total. The van der Waals surface area contributed by atoms with E-state index >= 15 is 0 Å². The molecule has 5 rings (SSSR count). The third-order valence-corrected chi connectivity index (χ3v) is 7.83. The minimum atomic E-state index is -1.23. The predicted molar refractivity (Wildman–Crippen MR) is 134 cm³/mol. The van der Waals surface area contributed by atoms with Crippen molar-refractivity contribution in [3.63, 3.8) is 0 Å². The van der Waals surface area contributed by atoms with Crippen molar-refractivity contribution in [2.45, 2.75) is 45.0 Å². The van der Waals surface area contributed by atoms with Gasteiger partial charge >= 0.3 is 0 Å². The van der Waals surface area contributed by atoms with Gasteiger partial charge in [-0.1, -0.05) is 19.6 Å². The summed E-state index contributed by atoms with van der Waals surface area (Å²) in [7, 11) is 0.371. The molecule has 0 bridgehead atoms. The SMILES string of the molecule is COc1c(-c2cn(COCC[Si](C)(C)C)c3nc(NC(=O)[C@@H]4C[C@@H]4F)ccc23)ccc2ncnn12. The Morgan fingerprint density at radius 1 is 1.23 bits per heavy atom. The number of rotatable bonds is 9. The molecule has 11 heteroatoms. The molecule has 1 aliphatic rings. The van der Waals surface area contributed by atoms with Gasteiger partial charge in [0.05, 0.1) is 13.0 Å². The number of hydrogen-bond acceptors (Lipinski definition) is 6. The van der Waals surface area contributed by atoms with Crippen LogP contribution in [0.5, 0.6) is 5.88 Å². The average Bonchev–Trinajstić information content (AvgIpc) is 3.21. The Kier molecular flexibility index (Phi) is 6.05. The largest absolute Gasteiger partial charge is 0.480 e. The van der Waals surface area contributed by atoms with Crippen molar-refractivity contribution in [2.75, 3.05) is 19.0 Å². The summed E-state index contributed by atoms with van der Waals surface area (Å²) in [4.78, 5) is 21.2.